The number of hydrogen-bond donors (Lipinski definition) is 2. The zero-order chi connectivity index (χ0) is 39.8. The van der Waals surface area contributed by atoms with Crippen LogP contribution in [0.15, 0.2) is 66.6 Å². The number of methoxy groups -OCH3 is 2. The van der Waals surface area contributed by atoms with Gasteiger partial charge in [0, 0.05) is 24.5 Å². The van der Waals surface area contributed by atoms with Crippen molar-refractivity contribution >= 4 is 11.6 Å². The molecule has 12 heteroatoms. The molecule has 2 aromatic carbocycles. The summed E-state index contributed by atoms with van der Waals surface area (Å²) in [5.41, 5.74) is 10.7. The number of benzene rings is 2. The summed E-state index contributed by atoms with van der Waals surface area (Å²) in [6.07, 6.45) is 4.04. The lowest BCUT2D eigenvalue weighted by Gasteiger charge is -2.30. The maximum Gasteiger partial charge on any atom is 0.272 e. The molecule has 0 saturated heterocycles. The molecule has 298 valence electrons. The van der Waals surface area contributed by atoms with E-state index in [9.17, 15) is 4.79 Å². The minimum Gasteiger partial charge on any atom is -0.496 e. The molecule has 12 nitrogen and oxygen atoms in total. The Hall–Kier alpha value is -4.36. The van der Waals surface area contributed by atoms with E-state index in [1.165, 1.54) is 0 Å². The van der Waals surface area contributed by atoms with Gasteiger partial charge in [0.15, 0.2) is 5.69 Å². The summed E-state index contributed by atoms with van der Waals surface area (Å²) < 4.78 is 31.0. The predicted octanol–water partition coefficient (Wildman–Crippen LogP) is 6.78. The summed E-state index contributed by atoms with van der Waals surface area (Å²) in [6.45, 7) is 20.5. The van der Waals surface area contributed by atoms with Gasteiger partial charge in [0.25, 0.3) is 5.91 Å². The first-order chi connectivity index (χ1) is 25.7. The smallest absolute Gasteiger partial charge is 0.272 e. The van der Waals surface area contributed by atoms with Crippen LogP contribution in [0, 0.1) is 0 Å². The monoisotopic (exact) mass is 748 g/mol. The van der Waals surface area contributed by atoms with Crippen molar-refractivity contribution in [1.29, 1.82) is 0 Å². The fourth-order valence-corrected chi connectivity index (χ4v) is 6.01. The number of allylic oxidation sites excluding steroid dienone is 1. The van der Waals surface area contributed by atoms with E-state index < -0.39 is 5.60 Å². The lowest BCUT2D eigenvalue weighted by atomic mass is 9.99. The highest BCUT2D eigenvalue weighted by molar-refractivity contribution is 5.94. The molecular formula is C42H64N6O6. The van der Waals surface area contributed by atoms with Gasteiger partial charge in [0.2, 0.25) is 0 Å². The van der Waals surface area contributed by atoms with Crippen molar-refractivity contribution in [3.05, 3.63) is 77.8 Å². The first kappa shape index (κ1) is 44.0. The van der Waals surface area contributed by atoms with Crippen LogP contribution in [0.3, 0.4) is 0 Å². The van der Waals surface area contributed by atoms with Gasteiger partial charge < -0.3 is 44.5 Å². The molecule has 0 aliphatic carbocycles. The van der Waals surface area contributed by atoms with Crippen LogP contribution in [0.5, 0.6) is 11.5 Å². The lowest BCUT2D eigenvalue weighted by Crippen LogP contribution is -2.29. The van der Waals surface area contributed by atoms with Gasteiger partial charge in [0.05, 0.1) is 64.1 Å². The Morgan fingerprint density at radius 3 is 2.30 bits per heavy atom. The fourth-order valence-electron chi connectivity index (χ4n) is 6.01. The molecule has 3 aromatic rings. The molecule has 3 N–H and O–H groups in total. The molecule has 54 heavy (non-hydrogen) atoms. The third-order valence-electron chi connectivity index (χ3n) is 8.35. The molecule has 0 atom stereocenters. The van der Waals surface area contributed by atoms with Crippen molar-refractivity contribution in [2.45, 2.75) is 65.9 Å². The van der Waals surface area contributed by atoms with Gasteiger partial charge >= 0.3 is 0 Å². The van der Waals surface area contributed by atoms with E-state index in [0.717, 1.165) is 48.6 Å². The second-order valence-corrected chi connectivity index (χ2v) is 14.6. The third-order valence-corrected chi connectivity index (χ3v) is 8.35. The zero-order valence-corrected chi connectivity index (χ0v) is 34.3. The number of ether oxygens (including phenoxy) is 5. The number of nitrogens with one attached hydrogen (secondary N) is 1. The summed E-state index contributed by atoms with van der Waals surface area (Å²) in [7, 11) is 7.41. The number of anilines is 1. The zero-order valence-electron chi connectivity index (χ0n) is 34.3. The standard InChI is InChI=1S/C42H64N6O6/c1-12-15-33(29-53-25-24-52-23-20-43)47(22-14-21-46(8)9)32-18-19-36(34(26-32)30(2)3)48-37(40-38(50-10)16-13-17-39(40)51-11)27-35(45-48)41(49)44-28-31(4)54-42(5,6)7/h13,15-19,26-27,30H,4,12,14,20-25,28-29,43H2,1-3,5-11H3,(H,44,49)/b33-15+. The van der Waals surface area contributed by atoms with Crippen molar-refractivity contribution in [3.8, 4) is 28.4 Å². The highest BCUT2D eigenvalue weighted by Crippen LogP contribution is 2.41. The molecule has 0 saturated carbocycles. The van der Waals surface area contributed by atoms with Gasteiger partial charge in [-0.25, -0.2) is 4.68 Å². The van der Waals surface area contributed by atoms with Crippen molar-refractivity contribution in [1.82, 2.24) is 20.0 Å². The molecule has 3 rings (SSSR count). The van der Waals surface area contributed by atoms with Crippen LogP contribution in [0.2, 0.25) is 0 Å². The fraction of sp³-hybridized carbons (Fsp3) is 0.524. The minimum absolute atomic E-state index is 0.102. The summed E-state index contributed by atoms with van der Waals surface area (Å²) >= 11 is 0. The second kappa shape index (κ2) is 21.5. The molecule has 0 bridgehead atoms. The van der Waals surface area contributed by atoms with Gasteiger partial charge in [0.1, 0.15) is 22.9 Å². The molecule has 1 heterocycles. The van der Waals surface area contributed by atoms with Crippen LogP contribution in [-0.4, -0.2) is 107 Å². The molecule has 0 aliphatic rings. The Labute approximate surface area is 323 Å². The number of nitrogens with two attached hydrogens (primary N) is 1. The Morgan fingerprint density at radius 1 is 1.02 bits per heavy atom. The van der Waals surface area contributed by atoms with Crippen LogP contribution in [0.1, 0.15) is 76.4 Å². The molecule has 0 spiro atoms. The Balaban J connectivity index is 2.16. The first-order valence-corrected chi connectivity index (χ1v) is 18.8. The number of hydrogen-bond acceptors (Lipinski definition) is 10. The Kier molecular flexibility index (Phi) is 17.5. The van der Waals surface area contributed by atoms with Crippen LogP contribution in [0.25, 0.3) is 16.9 Å². The van der Waals surface area contributed by atoms with E-state index in [1.54, 1.807) is 20.3 Å². The number of carbonyl (C=O) groups is 1. The number of aromatic nitrogens is 2. The highest BCUT2D eigenvalue weighted by atomic mass is 16.5. The van der Waals surface area contributed by atoms with Gasteiger partial charge in [-0.2, -0.15) is 5.10 Å². The van der Waals surface area contributed by atoms with Crippen LogP contribution < -0.4 is 25.4 Å². The molecule has 1 aromatic heterocycles. The summed E-state index contributed by atoms with van der Waals surface area (Å²) in [5, 5.41) is 7.86. The van der Waals surface area contributed by atoms with Gasteiger partial charge in [-0.3, -0.25) is 4.79 Å². The normalized spacial score (nSPS) is 12.0. The van der Waals surface area contributed by atoms with E-state index in [2.05, 4.69) is 80.8 Å². The van der Waals surface area contributed by atoms with Crippen molar-refractivity contribution in [3.63, 3.8) is 0 Å². The molecule has 0 fully saturated rings. The van der Waals surface area contributed by atoms with E-state index in [-0.39, 0.29) is 24.1 Å². The SMILES string of the molecule is C=C(CNC(=O)c1cc(-c2c(OC)cccc2OC)n(-c2ccc(N(CCCN(C)C)/C(=C/CC)COCCOCCN)cc2C(C)C)n1)OC(C)(C)C. The van der Waals surface area contributed by atoms with Crippen molar-refractivity contribution in [2.75, 3.05) is 85.8 Å². The average molecular weight is 749 g/mol. The largest absolute Gasteiger partial charge is 0.496 e. The lowest BCUT2D eigenvalue weighted by molar-refractivity contribution is 0.0489. The average Bonchev–Trinajstić information content (AvgIpc) is 3.57. The maximum absolute atomic E-state index is 13.7. The Bertz CT molecular complexity index is 1650. The molecule has 1 amide bonds. The quantitative estimate of drug-likeness (QED) is 0.0792. The van der Waals surface area contributed by atoms with E-state index in [0.29, 0.717) is 61.5 Å². The van der Waals surface area contributed by atoms with E-state index in [4.69, 9.17) is 34.5 Å². The number of amides is 1. The Morgan fingerprint density at radius 2 is 1.70 bits per heavy atom. The molecule has 0 unspecified atom stereocenters. The third kappa shape index (κ3) is 12.9. The van der Waals surface area contributed by atoms with Crippen molar-refractivity contribution in [2.24, 2.45) is 5.73 Å². The van der Waals surface area contributed by atoms with Crippen LogP contribution >= 0.6 is 0 Å². The van der Waals surface area contributed by atoms with E-state index >= 15 is 0 Å². The summed E-state index contributed by atoms with van der Waals surface area (Å²) in [5.74, 6) is 1.38. The highest BCUT2D eigenvalue weighted by Gasteiger charge is 2.25. The number of rotatable bonds is 23. The topological polar surface area (TPSA) is 126 Å². The van der Waals surface area contributed by atoms with Crippen LogP contribution in [-0.2, 0) is 14.2 Å². The van der Waals surface area contributed by atoms with Crippen molar-refractivity contribution < 1.29 is 28.5 Å². The molecule has 0 radical (unpaired) electrons. The van der Waals surface area contributed by atoms with Gasteiger partial charge in [-0.15, -0.1) is 0 Å². The number of carbonyl (C=O) groups excluding carboxylic acids is 1. The number of nitrogens with zero attached hydrogens (tertiary/aromatic N) is 4. The van der Waals surface area contributed by atoms with Gasteiger partial charge in [-0.1, -0.05) is 39.5 Å². The summed E-state index contributed by atoms with van der Waals surface area (Å²) in [4.78, 5) is 18.2. The van der Waals surface area contributed by atoms with E-state index in [1.807, 2.05) is 43.7 Å². The minimum atomic E-state index is -0.433. The molecule has 0 aliphatic heterocycles. The van der Waals surface area contributed by atoms with Crippen LogP contribution in [0.4, 0.5) is 5.69 Å². The summed E-state index contributed by atoms with van der Waals surface area (Å²) in [6, 6.07) is 13.8. The second-order valence-electron chi connectivity index (χ2n) is 14.6. The van der Waals surface area contributed by atoms with Gasteiger partial charge in [-0.05, 0) is 102 Å². The maximum atomic E-state index is 13.7. The predicted molar refractivity (Wildman–Crippen MR) is 218 cm³/mol. The first-order valence-electron chi connectivity index (χ1n) is 18.8. The molecular weight excluding hydrogens is 684 g/mol.